The van der Waals surface area contributed by atoms with Crippen LogP contribution in [0.3, 0.4) is 0 Å². The SMILES string of the molecule is C=CN=C/C=C(\C=C)C(C)(CC)CCCCCC. The van der Waals surface area contributed by atoms with Crippen molar-refractivity contribution in [2.24, 2.45) is 10.4 Å². The maximum atomic E-state index is 4.03. The van der Waals surface area contributed by atoms with Crippen molar-refractivity contribution in [1.29, 1.82) is 0 Å². The standard InChI is InChI=1S/C17H29N/c1-6-10-11-12-14-17(5,8-3)16(7-2)13-15-18-9-4/h7,9,13,15H,2,4,6,8,10-12,14H2,1,3,5H3/b16-13+,18-15?. The van der Waals surface area contributed by atoms with Gasteiger partial charge in [0.25, 0.3) is 0 Å². The van der Waals surface area contributed by atoms with E-state index in [9.17, 15) is 0 Å². The van der Waals surface area contributed by atoms with E-state index in [0.29, 0.717) is 0 Å². The van der Waals surface area contributed by atoms with Gasteiger partial charge in [-0.05, 0) is 29.9 Å². The average molecular weight is 247 g/mol. The lowest BCUT2D eigenvalue weighted by molar-refractivity contribution is 0.342. The van der Waals surface area contributed by atoms with Crippen molar-refractivity contribution in [2.45, 2.75) is 59.3 Å². The van der Waals surface area contributed by atoms with Crippen molar-refractivity contribution in [2.75, 3.05) is 0 Å². The Balaban J connectivity index is 4.65. The van der Waals surface area contributed by atoms with Gasteiger partial charge in [-0.1, -0.05) is 65.7 Å². The average Bonchev–Trinajstić information content (AvgIpc) is 2.39. The van der Waals surface area contributed by atoms with Crippen molar-refractivity contribution in [3.8, 4) is 0 Å². The second-order valence-electron chi connectivity index (χ2n) is 5.03. The van der Waals surface area contributed by atoms with Gasteiger partial charge in [-0.2, -0.15) is 0 Å². The summed E-state index contributed by atoms with van der Waals surface area (Å²) < 4.78 is 0. The minimum absolute atomic E-state index is 0.225. The van der Waals surface area contributed by atoms with Gasteiger partial charge in [-0.15, -0.1) is 0 Å². The lowest BCUT2D eigenvalue weighted by Crippen LogP contribution is -2.17. The molecule has 102 valence electrons. The molecule has 1 atom stereocenters. The van der Waals surface area contributed by atoms with E-state index in [1.807, 2.05) is 12.3 Å². The Morgan fingerprint density at radius 2 is 1.89 bits per heavy atom. The Kier molecular flexibility index (Phi) is 9.26. The Labute approximate surface area is 113 Å². The molecule has 0 saturated carbocycles. The number of hydrogen-bond acceptors (Lipinski definition) is 1. The van der Waals surface area contributed by atoms with Crippen LogP contribution in [0.5, 0.6) is 0 Å². The molecule has 0 bridgehead atoms. The molecule has 0 spiro atoms. The van der Waals surface area contributed by atoms with E-state index in [1.165, 1.54) is 37.7 Å². The first-order valence-electron chi connectivity index (χ1n) is 7.11. The van der Waals surface area contributed by atoms with E-state index >= 15 is 0 Å². The Morgan fingerprint density at radius 3 is 2.39 bits per heavy atom. The summed E-state index contributed by atoms with van der Waals surface area (Å²) in [6.45, 7) is 14.4. The van der Waals surface area contributed by atoms with Crippen LogP contribution >= 0.6 is 0 Å². The minimum Gasteiger partial charge on any atom is -0.265 e. The van der Waals surface area contributed by atoms with Gasteiger partial charge >= 0.3 is 0 Å². The largest absolute Gasteiger partial charge is 0.265 e. The monoisotopic (exact) mass is 247 g/mol. The van der Waals surface area contributed by atoms with E-state index < -0.39 is 0 Å². The molecule has 0 saturated heterocycles. The normalized spacial score (nSPS) is 15.6. The zero-order valence-corrected chi connectivity index (χ0v) is 12.4. The molecule has 0 aromatic carbocycles. The smallest absolute Gasteiger partial charge is 0.0270 e. The van der Waals surface area contributed by atoms with Crippen molar-refractivity contribution in [3.63, 3.8) is 0 Å². The lowest BCUT2D eigenvalue weighted by Gasteiger charge is -2.30. The van der Waals surface area contributed by atoms with Crippen molar-refractivity contribution in [1.82, 2.24) is 0 Å². The molecule has 0 aromatic heterocycles. The molecule has 0 fully saturated rings. The number of hydrogen-bond donors (Lipinski definition) is 0. The highest BCUT2D eigenvalue weighted by Crippen LogP contribution is 2.36. The summed E-state index contributed by atoms with van der Waals surface area (Å²) in [7, 11) is 0. The predicted octanol–water partition coefficient (Wildman–Crippen LogP) is 5.70. The molecule has 1 nitrogen and oxygen atoms in total. The third-order valence-electron chi connectivity index (χ3n) is 3.72. The first-order valence-corrected chi connectivity index (χ1v) is 7.11. The highest BCUT2D eigenvalue weighted by molar-refractivity contribution is 5.73. The predicted molar refractivity (Wildman–Crippen MR) is 84.1 cm³/mol. The summed E-state index contributed by atoms with van der Waals surface area (Å²) in [5.74, 6) is 0. The van der Waals surface area contributed by atoms with Crippen LogP contribution in [0, 0.1) is 5.41 Å². The molecule has 0 N–H and O–H groups in total. The summed E-state index contributed by atoms with van der Waals surface area (Å²) in [5, 5.41) is 0. The summed E-state index contributed by atoms with van der Waals surface area (Å²) in [4.78, 5) is 4.03. The number of unbranched alkanes of at least 4 members (excludes halogenated alkanes) is 3. The zero-order valence-electron chi connectivity index (χ0n) is 12.4. The van der Waals surface area contributed by atoms with E-state index in [2.05, 4.69) is 45.0 Å². The molecule has 0 radical (unpaired) electrons. The van der Waals surface area contributed by atoms with Gasteiger partial charge in [0.2, 0.25) is 0 Å². The maximum absolute atomic E-state index is 4.03. The summed E-state index contributed by atoms with van der Waals surface area (Å²) >= 11 is 0. The Bertz CT molecular complexity index is 299. The van der Waals surface area contributed by atoms with Crippen LogP contribution in [0.1, 0.15) is 59.3 Å². The van der Waals surface area contributed by atoms with Gasteiger partial charge in [-0.3, -0.25) is 4.99 Å². The lowest BCUT2D eigenvalue weighted by atomic mass is 9.75. The van der Waals surface area contributed by atoms with Crippen LogP contribution in [-0.4, -0.2) is 6.21 Å². The van der Waals surface area contributed by atoms with Gasteiger partial charge in [0.05, 0.1) is 0 Å². The van der Waals surface area contributed by atoms with Crippen LogP contribution in [0.4, 0.5) is 0 Å². The first kappa shape index (κ1) is 16.9. The van der Waals surface area contributed by atoms with Gasteiger partial charge in [-0.25, -0.2) is 0 Å². The minimum atomic E-state index is 0.225. The van der Waals surface area contributed by atoms with Gasteiger partial charge in [0, 0.05) is 12.4 Å². The molecule has 0 aromatic rings. The van der Waals surface area contributed by atoms with Crippen LogP contribution in [0.2, 0.25) is 0 Å². The molecule has 1 unspecified atom stereocenters. The Hall–Kier alpha value is -1.11. The van der Waals surface area contributed by atoms with E-state index in [-0.39, 0.29) is 5.41 Å². The zero-order chi connectivity index (χ0) is 13.9. The van der Waals surface area contributed by atoms with Gasteiger partial charge in [0.1, 0.15) is 0 Å². The van der Waals surface area contributed by atoms with E-state index in [4.69, 9.17) is 0 Å². The van der Waals surface area contributed by atoms with Gasteiger partial charge < -0.3 is 0 Å². The van der Waals surface area contributed by atoms with Crippen molar-refractivity contribution in [3.05, 3.63) is 37.1 Å². The van der Waals surface area contributed by atoms with Crippen LogP contribution in [0.15, 0.2) is 42.1 Å². The van der Waals surface area contributed by atoms with Crippen molar-refractivity contribution >= 4 is 6.21 Å². The molecule has 0 aliphatic carbocycles. The van der Waals surface area contributed by atoms with Crippen LogP contribution in [-0.2, 0) is 0 Å². The van der Waals surface area contributed by atoms with Gasteiger partial charge in [0.15, 0.2) is 0 Å². The third-order valence-corrected chi connectivity index (χ3v) is 3.72. The summed E-state index contributed by atoms with van der Waals surface area (Å²) in [6, 6.07) is 0. The summed E-state index contributed by atoms with van der Waals surface area (Å²) in [5.41, 5.74) is 1.51. The second-order valence-corrected chi connectivity index (χ2v) is 5.03. The molecule has 1 heteroatoms. The number of aliphatic imine (C=N–C) groups is 1. The molecule has 0 heterocycles. The quantitative estimate of drug-likeness (QED) is 0.267. The topological polar surface area (TPSA) is 12.4 Å². The highest BCUT2D eigenvalue weighted by Gasteiger charge is 2.24. The maximum Gasteiger partial charge on any atom is 0.0270 e. The number of rotatable bonds is 10. The molecule has 18 heavy (non-hydrogen) atoms. The number of nitrogens with zero attached hydrogens (tertiary/aromatic N) is 1. The summed E-state index contributed by atoms with van der Waals surface area (Å²) in [6.07, 6.45) is 15.0. The second kappa shape index (κ2) is 9.87. The first-order chi connectivity index (χ1) is 8.64. The van der Waals surface area contributed by atoms with Crippen molar-refractivity contribution < 1.29 is 0 Å². The molecule has 0 rings (SSSR count). The number of allylic oxidation sites excluding steroid dienone is 3. The third kappa shape index (κ3) is 6.00. The van der Waals surface area contributed by atoms with E-state index in [0.717, 1.165) is 6.42 Å². The molecule has 0 aliphatic heterocycles. The molecular formula is C17H29N. The Morgan fingerprint density at radius 1 is 1.17 bits per heavy atom. The van der Waals surface area contributed by atoms with E-state index in [1.54, 1.807) is 6.20 Å². The molecule has 0 aliphatic rings. The fourth-order valence-electron chi connectivity index (χ4n) is 2.17. The molecular weight excluding hydrogens is 218 g/mol. The fraction of sp³-hybridized carbons (Fsp3) is 0.588. The van der Waals surface area contributed by atoms with Crippen LogP contribution < -0.4 is 0 Å². The fourth-order valence-corrected chi connectivity index (χ4v) is 2.17. The molecule has 0 amide bonds. The highest BCUT2D eigenvalue weighted by atomic mass is 14.6. The van der Waals surface area contributed by atoms with Crippen LogP contribution in [0.25, 0.3) is 0 Å².